The number of carbonyl (C=O) groups is 3. The molecule has 1 N–H and O–H groups in total. The number of amides is 2. The van der Waals surface area contributed by atoms with Gasteiger partial charge in [-0.05, 0) is 56.8 Å². The lowest BCUT2D eigenvalue weighted by atomic mass is 9.92. The fourth-order valence-electron chi connectivity index (χ4n) is 4.07. The third-order valence-corrected chi connectivity index (χ3v) is 5.90. The van der Waals surface area contributed by atoms with Crippen LogP contribution in [0.15, 0.2) is 42.5 Å². The minimum absolute atomic E-state index is 0.173. The summed E-state index contributed by atoms with van der Waals surface area (Å²) in [5, 5.41) is 5.74. The Hall–Kier alpha value is -3.65. The molecular weight excluding hydrogens is 482 g/mol. The molecule has 0 saturated heterocycles. The fraction of sp³-hybridized carbons (Fsp3) is 0.433. The number of rotatable bonds is 9. The third-order valence-electron chi connectivity index (χ3n) is 5.90. The average molecular weight is 524 g/mol. The van der Waals surface area contributed by atoms with Gasteiger partial charge >= 0.3 is 6.09 Å². The predicted molar refractivity (Wildman–Crippen MR) is 153 cm³/mol. The van der Waals surface area contributed by atoms with Crippen LogP contribution in [0.25, 0.3) is 21.5 Å². The normalized spacial score (nSPS) is 11.1. The predicted octanol–water partition coefficient (Wildman–Crippen LogP) is 5.37. The highest BCUT2D eigenvalue weighted by Gasteiger charge is 2.22. The maximum absolute atomic E-state index is 13.8. The Morgan fingerprint density at radius 1 is 0.974 bits per heavy atom. The van der Waals surface area contributed by atoms with Crippen molar-refractivity contribution in [1.29, 1.82) is 0 Å². The summed E-state index contributed by atoms with van der Waals surface area (Å²) >= 11 is 0. The topological polar surface area (TPSA) is 88.2 Å². The van der Waals surface area contributed by atoms with Crippen LogP contribution in [0.5, 0.6) is 5.75 Å². The van der Waals surface area contributed by atoms with Crippen LogP contribution in [0.1, 0.15) is 55.3 Å². The molecule has 3 rings (SSSR count). The number of likely N-dealkylation sites (N-methyl/N-ethyl adjacent to an activating group) is 2. The number of hydrogen-bond acceptors (Lipinski definition) is 6. The lowest BCUT2D eigenvalue weighted by Gasteiger charge is -2.24. The molecule has 0 aliphatic heterocycles. The Bertz CT molecular complexity index is 1270. The van der Waals surface area contributed by atoms with E-state index in [9.17, 15) is 14.4 Å². The van der Waals surface area contributed by atoms with Gasteiger partial charge in [0.2, 0.25) is 0 Å². The molecule has 3 aromatic rings. The highest BCUT2D eigenvalue weighted by molar-refractivity contribution is 6.22. The van der Waals surface area contributed by atoms with E-state index in [2.05, 4.69) is 5.32 Å². The van der Waals surface area contributed by atoms with E-state index < -0.39 is 11.7 Å². The number of aldehydes is 1. The molecule has 8 nitrogen and oxygen atoms in total. The van der Waals surface area contributed by atoms with Crippen LogP contribution < -0.4 is 10.1 Å². The van der Waals surface area contributed by atoms with Crippen molar-refractivity contribution in [3.63, 3.8) is 0 Å². The third kappa shape index (κ3) is 7.68. The molecule has 0 heterocycles. The van der Waals surface area contributed by atoms with E-state index in [1.165, 1.54) is 0 Å². The van der Waals surface area contributed by atoms with Crippen molar-refractivity contribution >= 4 is 39.8 Å². The highest BCUT2D eigenvalue weighted by atomic mass is 16.6. The Morgan fingerprint density at radius 3 is 2.29 bits per heavy atom. The van der Waals surface area contributed by atoms with E-state index in [-0.39, 0.29) is 5.91 Å². The highest BCUT2D eigenvalue weighted by Crippen LogP contribution is 2.36. The summed E-state index contributed by atoms with van der Waals surface area (Å²) in [6, 6.07) is 13.0. The molecular formula is C30H41N3O5. The van der Waals surface area contributed by atoms with Crippen molar-refractivity contribution in [1.82, 2.24) is 15.1 Å². The molecule has 0 spiro atoms. The van der Waals surface area contributed by atoms with Crippen LogP contribution in [-0.4, -0.2) is 81.1 Å². The summed E-state index contributed by atoms with van der Waals surface area (Å²) in [5.74, 6) is 0.434. The summed E-state index contributed by atoms with van der Waals surface area (Å²) < 4.78 is 10.8. The fourth-order valence-corrected chi connectivity index (χ4v) is 4.07. The van der Waals surface area contributed by atoms with Crippen molar-refractivity contribution in [2.75, 3.05) is 47.4 Å². The number of methoxy groups -OCH3 is 1. The SMILES string of the molecule is CC.COc1ccc(C=O)c2c(C(=O)N(C)CCN(C)CCNC(=O)OC(C)(C)C)c3ccccc3cc12. The zero-order valence-corrected chi connectivity index (χ0v) is 23.9. The molecule has 0 atom stereocenters. The smallest absolute Gasteiger partial charge is 0.407 e. The van der Waals surface area contributed by atoms with Gasteiger partial charge in [0, 0.05) is 49.6 Å². The molecule has 206 valence electrons. The van der Waals surface area contributed by atoms with E-state index in [1.807, 2.05) is 76.9 Å². The van der Waals surface area contributed by atoms with E-state index in [0.717, 1.165) is 22.4 Å². The second-order valence-electron chi connectivity index (χ2n) is 9.83. The standard InChI is InChI=1S/C28H35N3O5.C2H6/c1-28(2,3)36-27(34)29-13-14-30(4)15-16-31(5)26(33)25-21-10-8-7-9-19(21)17-22-23(35-6)12-11-20(18-32)24(22)25;1-2/h7-12,17-18H,13-16H2,1-6H3,(H,29,34);1-2H3. The minimum atomic E-state index is -0.543. The number of nitrogens with one attached hydrogen (secondary N) is 1. The van der Waals surface area contributed by atoms with Gasteiger partial charge in [0.25, 0.3) is 5.91 Å². The van der Waals surface area contributed by atoms with Crippen LogP contribution >= 0.6 is 0 Å². The zero-order valence-electron chi connectivity index (χ0n) is 23.9. The first kappa shape index (κ1) is 30.6. The van der Waals surface area contributed by atoms with Gasteiger partial charge in [0.15, 0.2) is 6.29 Å². The second-order valence-corrected chi connectivity index (χ2v) is 9.83. The number of carbonyl (C=O) groups excluding carboxylic acids is 3. The van der Waals surface area contributed by atoms with Gasteiger partial charge in [0.1, 0.15) is 11.4 Å². The Kier molecular flexibility index (Phi) is 11.1. The summed E-state index contributed by atoms with van der Waals surface area (Å²) in [5.41, 5.74) is 0.387. The first-order valence-corrected chi connectivity index (χ1v) is 12.9. The van der Waals surface area contributed by atoms with Crippen LogP contribution in [0.2, 0.25) is 0 Å². The summed E-state index contributed by atoms with van der Waals surface area (Å²) in [4.78, 5) is 41.2. The van der Waals surface area contributed by atoms with Crippen molar-refractivity contribution in [3.05, 3.63) is 53.6 Å². The number of hydrogen-bond donors (Lipinski definition) is 1. The largest absolute Gasteiger partial charge is 0.496 e. The average Bonchev–Trinajstić information content (AvgIpc) is 2.89. The summed E-state index contributed by atoms with van der Waals surface area (Å²) in [7, 11) is 5.26. The van der Waals surface area contributed by atoms with Crippen molar-refractivity contribution in [2.45, 2.75) is 40.2 Å². The van der Waals surface area contributed by atoms with Gasteiger partial charge in [-0.3, -0.25) is 9.59 Å². The van der Waals surface area contributed by atoms with Gasteiger partial charge in [-0.1, -0.05) is 38.1 Å². The number of benzene rings is 3. The van der Waals surface area contributed by atoms with Crippen molar-refractivity contribution in [2.24, 2.45) is 0 Å². The summed E-state index contributed by atoms with van der Waals surface area (Å²) in [6.07, 6.45) is 0.325. The van der Waals surface area contributed by atoms with Gasteiger partial charge in [-0.2, -0.15) is 0 Å². The maximum atomic E-state index is 13.8. The molecule has 0 aliphatic carbocycles. The Morgan fingerprint density at radius 2 is 1.66 bits per heavy atom. The molecule has 8 heteroatoms. The van der Waals surface area contributed by atoms with Gasteiger partial charge < -0.3 is 24.6 Å². The summed E-state index contributed by atoms with van der Waals surface area (Å²) in [6.45, 7) is 11.6. The van der Waals surface area contributed by atoms with E-state index in [4.69, 9.17) is 9.47 Å². The lowest BCUT2D eigenvalue weighted by Crippen LogP contribution is -2.39. The van der Waals surface area contributed by atoms with E-state index in [0.29, 0.717) is 48.4 Å². The van der Waals surface area contributed by atoms with Crippen LogP contribution in [0.3, 0.4) is 0 Å². The maximum Gasteiger partial charge on any atom is 0.407 e. The monoisotopic (exact) mass is 523 g/mol. The van der Waals surface area contributed by atoms with E-state index in [1.54, 1.807) is 31.2 Å². The molecule has 0 unspecified atom stereocenters. The second kappa shape index (κ2) is 13.8. The molecule has 3 aromatic carbocycles. The van der Waals surface area contributed by atoms with Crippen LogP contribution in [-0.2, 0) is 4.74 Å². The van der Waals surface area contributed by atoms with Gasteiger partial charge in [-0.25, -0.2) is 4.79 Å². The molecule has 0 aromatic heterocycles. The Balaban J connectivity index is 0.00000247. The zero-order chi connectivity index (χ0) is 28.5. The van der Waals surface area contributed by atoms with Gasteiger partial charge in [-0.15, -0.1) is 0 Å². The van der Waals surface area contributed by atoms with Crippen molar-refractivity contribution in [3.8, 4) is 5.75 Å². The first-order valence-electron chi connectivity index (χ1n) is 12.9. The molecule has 0 radical (unpaired) electrons. The molecule has 38 heavy (non-hydrogen) atoms. The van der Waals surface area contributed by atoms with Crippen molar-refractivity contribution < 1.29 is 23.9 Å². The molecule has 0 saturated carbocycles. The number of fused-ring (bicyclic) bond motifs is 2. The van der Waals surface area contributed by atoms with Gasteiger partial charge in [0.05, 0.1) is 12.7 Å². The number of nitrogens with zero attached hydrogens (tertiary/aromatic N) is 2. The van der Waals surface area contributed by atoms with Crippen LogP contribution in [0, 0.1) is 0 Å². The lowest BCUT2D eigenvalue weighted by molar-refractivity contribution is 0.0523. The van der Waals surface area contributed by atoms with Crippen LogP contribution in [0.4, 0.5) is 4.79 Å². The van der Waals surface area contributed by atoms with E-state index >= 15 is 0 Å². The molecule has 0 fully saturated rings. The minimum Gasteiger partial charge on any atom is -0.496 e. The molecule has 2 amide bonds. The molecule has 0 aliphatic rings. The Labute approximate surface area is 225 Å². The number of alkyl carbamates (subject to hydrolysis) is 1. The molecule has 0 bridgehead atoms. The first-order chi connectivity index (χ1) is 18.1. The quantitative estimate of drug-likeness (QED) is 0.300. The number of ether oxygens (including phenoxy) is 2.